The van der Waals surface area contributed by atoms with E-state index in [0.717, 1.165) is 59.4 Å². The lowest BCUT2D eigenvalue weighted by Gasteiger charge is -2.20. The summed E-state index contributed by atoms with van der Waals surface area (Å²) in [7, 11) is 0. The van der Waals surface area contributed by atoms with Gasteiger partial charge in [0.2, 0.25) is 0 Å². The lowest BCUT2D eigenvalue weighted by atomic mass is 9.89. The highest BCUT2D eigenvalue weighted by Crippen LogP contribution is 2.38. The molecule has 0 spiro atoms. The zero-order chi connectivity index (χ0) is 42.5. The first-order valence-electron chi connectivity index (χ1n) is 24.0. The molecular formula is C55H76Cl2O3. The SMILES string of the molecule is CCCCCCCCCCCCCCOc1ccc(C(=O)c2ccc(OCCCCCCCCCCCCCC)cc2C(Cl)c2ccccc2)c(C(Cl)c2ccccc2)c1. The van der Waals surface area contributed by atoms with Gasteiger partial charge in [-0.3, -0.25) is 4.79 Å². The summed E-state index contributed by atoms with van der Waals surface area (Å²) in [6.45, 7) is 5.83. The van der Waals surface area contributed by atoms with Crippen molar-refractivity contribution in [1.29, 1.82) is 0 Å². The summed E-state index contributed by atoms with van der Waals surface area (Å²) in [5.74, 6) is 1.34. The summed E-state index contributed by atoms with van der Waals surface area (Å²) in [5, 5.41) is -1.08. The van der Waals surface area contributed by atoms with E-state index < -0.39 is 10.8 Å². The van der Waals surface area contributed by atoms with Crippen LogP contribution in [0.2, 0.25) is 0 Å². The summed E-state index contributed by atoms with van der Waals surface area (Å²) in [5.41, 5.74) is 4.38. The lowest BCUT2D eigenvalue weighted by Crippen LogP contribution is -2.12. The Hall–Kier alpha value is -3.27. The molecule has 4 aromatic carbocycles. The molecular weight excluding hydrogens is 780 g/mol. The summed E-state index contributed by atoms with van der Waals surface area (Å²) < 4.78 is 12.6. The van der Waals surface area contributed by atoms with Gasteiger partial charge >= 0.3 is 0 Å². The van der Waals surface area contributed by atoms with Crippen LogP contribution in [-0.4, -0.2) is 19.0 Å². The second-order valence-electron chi connectivity index (χ2n) is 16.8. The molecule has 0 aliphatic heterocycles. The first-order chi connectivity index (χ1) is 29.5. The van der Waals surface area contributed by atoms with Crippen LogP contribution < -0.4 is 9.47 Å². The summed E-state index contributed by atoms with van der Waals surface area (Å²) in [4.78, 5) is 14.8. The van der Waals surface area contributed by atoms with Crippen LogP contribution in [0.15, 0.2) is 97.1 Å². The van der Waals surface area contributed by atoms with Crippen LogP contribution in [0.5, 0.6) is 11.5 Å². The minimum atomic E-state index is -0.539. The Labute approximate surface area is 375 Å². The van der Waals surface area contributed by atoms with Gasteiger partial charge < -0.3 is 9.47 Å². The normalized spacial score (nSPS) is 12.3. The van der Waals surface area contributed by atoms with E-state index >= 15 is 0 Å². The Morgan fingerprint density at radius 2 is 0.717 bits per heavy atom. The number of hydrogen-bond acceptors (Lipinski definition) is 3. The number of alkyl halides is 2. The van der Waals surface area contributed by atoms with Gasteiger partial charge in [-0.15, -0.1) is 23.2 Å². The fraction of sp³-hybridized carbons (Fsp3) is 0.545. The predicted octanol–water partition coefficient (Wildman–Crippen LogP) is 17.7. The molecule has 2 atom stereocenters. The summed E-state index contributed by atoms with van der Waals surface area (Å²) >= 11 is 14.5. The van der Waals surface area contributed by atoms with E-state index in [1.165, 1.54) is 128 Å². The molecule has 3 nitrogen and oxygen atoms in total. The maximum Gasteiger partial charge on any atom is 0.193 e. The van der Waals surface area contributed by atoms with Gasteiger partial charge in [0.1, 0.15) is 11.5 Å². The maximum atomic E-state index is 14.8. The molecule has 0 radical (unpaired) electrons. The van der Waals surface area contributed by atoms with E-state index in [1.807, 2.05) is 97.1 Å². The van der Waals surface area contributed by atoms with Crippen molar-refractivity contribution in [3.8, 4) is 11.5 Å². The molecule has 0 aliphatic carbocycles. The number of benzene rings is 4. The van der Waals surface area contributed by atoms with Crippen molar-refractivity contribution in [2.45, 2.75) is 179 Å². The predicted molar refractivity (Wildman–Crippen MR) is 258 cm³/mol. The highest BCUT2D eigenvalue weighted by molar-refractivity contribution is 6.25. The molecule has 5 heteroatoms. The third-order valence-corrected chi connectivity index (χ3v) is 12.8. The number of hydrogen-bond donors (Lipinski definition) is 0. The van der Waals surface area contributed by atoms with Gasteiger partial charge in [0.05, 0.1) is 24.0 Å². The van der Waals surface area contributed by atoms with Gasteiger partial charge in [0, 0.05) is 11.1 Å². The molecule has 0 bridgehead atoms. The van der Waals surface area contributed by atoms with Crippen LogP contribution in [0.1, 0.15) is 217 Å². The number of ketones is 1. The standard InChI is InChI=1S/C55H76Cl2O3/c1-3-5-7-9-11-13-15-17-19-21-23-31-41-59-47-37-39-49(51(43-47)53(56)45-33-27-25-28-34-45)55(58)50-40-38-48(44-52(50)54(57)46-35-29-26-30-36-46)60-42-32-24-22-20-18-16-14-12-10-8-6-4-2/h25-30,33-40,43-44,53-54H,3-24,31-32,41-42H2,1-2H3. The van der Waals surface area contributed by atoms with Gasteiger partial charge in [0.15, 0.2) is 5.78 Å². The highest BCUT2D eigenvalue weighted by atomic mass is 35.5. The zero-order valence-electron chi connectivity index (χ0n) is 37.3. The molecule has 0 amide bonds. The van der Waals surface area contributed by atoms with Gasteiger partial charge in [0.25, 0.3) is 0 Å². The Balaban J connectivity index is 1.38. The van der Waals surface area contributed by atoms with E-state index in [9.17, 15) is 4.79 Å². The molecule has 0 heterocycles. The monoisotopic (exact) mass is 855 g/mol. The van der Waals surface area contributed by atoms with E-state index in [1.54, 1.807) is 0 Å². The minimum Gasteiger partial charge on any atom is -0.494 e. The van der Waals surface area contributed by atoms with Crippen molar-refractivity contribution in [3.05, 3.63) is 130 Å². The number of halogens is 2. The second kappa shape index (κ2) is 30.7. The molecule has 328 valence electrons. The van der Waals surface area contributed by atoms with Crippen molar-refractivity contribution in [2.24, 2.45) is 0 Å². The van der Waals surface area contributed by atoms with Crippen LogP contribution in [0.3, 0.4) is 0 Å². The molecule has 4 rings (SSSR count). The van der Waals surface area contributed by atoms with E-state index in [2.05, 4.69) is 13.8 Å². The van der Waals surface area contributed by atoms with Crippen LogP contribution >= 0.6 is 23.2 Å². The highest BCUT2D eigenvalue weighted by Gasteiger charge is 2.26. The average molecular weight is 856 g/mol. The van der Waals surface area contributed by atoms with E-state index in [0.29, 0.717) is 24.3 Å². The van der Waals surface area contributed by atoms with Crippen LogP contribution in [-0.2, 0) is 0 Å². The largest absolute Gasteiger partial charge is 0.494 e. The molecule has 2 unspecified atom stereocenters. The molecule has 0 saturated carbocycles. The minimum absolute atomic E-state index is 0.122. The topological polar surface area (TPSA) is 35.5 Å². The van der Waals surface area contributed by atoms with Crippen LogP contribution in [0, 0.1) is 0 Å². The lowest BCUT2D eigenvalue weighted by molar-refractivity contribution is 0.103. The Bertz CT molecular complexity index is 1580. The Morgan fingerprint density at radius 1 is 0.417 bits per heavy atom. The van der Waals surface area contributed by atoms with Gasteiger partial charge in [-0.1, -0.05) is 216 Å². The number of carbonyl (C=O) groups is 1. The Morgan fingerprint density at radius 3 is 1.03 bits per heavy atom. The molecule has 0 fully saturated rings. The molecule has 0 aliphatic rings. The summed E-state index contributed by atoms with van der Waals surface area (Å²) in [6, 6.07) is 31.4. The average Bonchev–Trinajstić information content (AvgIpc) is 3.29. The van der Waals surface area contributed by atoms with Crippen molar-refractivity contribution < 1.29 is 14.3 Å². The van der Waals surface area contributed by atoms with Crippen LogP contribution in [0.25, 0.3) is 0 Å². The molecule has 0 N–H and O–H groups in total. The molecule has 0 aromatic heterocycles. The van der Waals surface area contributed by atoms with Crippen molar-refractivity contribution in [3.63, 3.8) is 0 Å². The van der Waals surface area contributed by atoms with E-state index in [-0.39, 0.29) is 5.78 Å². The van der Waals surface area contributed by atoms with Crippen LogP contribution in [0.4, 0.5) is 0 Å². The van der Waals surface area contributed by atoms with E-state index in [4.69, 9.17) is 32.7 Å². The fourth-order valence-electron chi connectivity index (χ4n) is 8.11. The maximum absolute atomic E-state index is 14.8. The third-order valence-electron chi connectivity index (χ3n) is 11.8. The quantitative estimate of drug-likeness (QED) is 0.0267. The van der Waals surface area contributed by atoms with Crippen molar-refractivity contribution in [2.75, 3.05) is 13.2 Å². The van der Waals surface area contributed by atoms with Crippen molar-refractivity contribution >= 4 is 29.0 Å². The second-order valence-corrected chi connectivity index (χ2v) is 17.7. The first kappa shape index (κ1) is 49.4. The molecule has 60 heavy (non-hydrogen) atoms. The first-order valence-corrected chi connectivity index (χ1v) is 24.9. The fourth-order valence-corrected chi connectivity index (χ4v) is 8.76. The summed E-state index contributed by atoms with van der Waals surface area (Å²) in [6.07, 6.45) is 31.2. The van der Waals surface area contributed by atoms with Gasteiger partial charge in [-0.2, -0.15) is 0 Å². The van der Waals surface area contributed by atoms with Gasteiger partial charge in [-0.05, 0) is 71.5 Å². The smallest absolute Gasteiger partial charge is 0.193 e. The zero-order valence-corrected chi connectivity index (χ0v) is 38.8. The molecule has 4 aromatic rings. The molecule has 0 saturated heterocycles. The number of ether oxygens (including phenoxy) is 2. The van der Waals surface area contributed by atoms with Gasteiger partial charge in [-0.25, -0.2) is 0 Å². The number of rotatable bonds is 34. The number of carbonyl (C=O) groups excluding carboxylic acids is 1. The Kier molecular flexibility index (Phi) is 25.3. The number of unbranched alkanes of at least 4 members (excludes halogenated alkanes) is 22. The third kappa shape index (κ3) is 18.4. The van der Waals surface area contributed by atoms with Crippen molar-refractivity contribution in [1.82, 2.24) is 0 Å².